The number of nitrogens with zero attached hydrogens (tertiary/aromatic N) is 2. The molecule has 1 heterocycles. The van der Waals surface area contributed by atoms with Crippen LogP contribution in [0.4, 0.5) is 0 Å². The summed E-state index contributed by atoms with van der Waals surface area (Å²) in [5, 5.41) is 3.49. The van der Waals surface area contributed by atoms with Gasteiger partial charge in [-0.2, -0.15) is 0 Å². The van der Waals surface area contributed by atoms with Crippen molar-refractivity contribution >= 4 is 0 Å². The number of benzene rings is 1. The summed E-state index contributed by atoms with van der Waals surface area (Å²) in [4.78, 5) is 4.21. The Morgan fingerprint density at radius 2 is 2.16 bits per heavy atom. The second-order valence-corrected chi connectivity index (χ2v) is 5.30. The molecule has 0 aliphatic rings. The Morgan fingerprint density at radius 3 is 2.89 bits per heavy atom. The van der Waals surface area contributed by atoms with Crippen molar-refractivity contribution in [2.75, 3.05) is 6.54 Å². The highest BCUT2D eigenvalue weighted by Gasteiger charge is 2.04. The van der Waals surface area contributed by atoms with Gasteiger partial charge in [-0.3, -0.25) is 0 Å². The van der Waals surface area contributed by atoms with E-state index in [0.717, 1.165) is 19.5 Å². The minimum Gasteiger partial charge on any atom is -0.331 e. The fraction of sp³-hybridized carbons (Fsp3) is 0.438. The molecule has 3 nitrogen and oxygen atoms in total. The molecule has 0 fully saturated rings. The Balaban J connectivity index is 1.79. The Kier molecular flexibility index (Phi) is 4.74. The van der Waals surface area contributed by atoms with Crippen LogP contribution in [0.5, 0.6) is 0 Å². The van der Waals surface area contributed by atoms with Crippen LogP contribution in [0.2, 0.25) is 0 Å². The Hall–Kier alpha value is -1.61. The minimum atomic E-state index is 0.469. The second-order valence-electron chi connectivity index (χ2n) is 5.30. The quantitative estimate of drug-likeness (QED) is 0.806. The molecule has 0 saturated carbocycles. The lowest BCUT2D eigenvalue weighted by molar-refractivity contribution is 0.551. The van der Waals surface area contributed by atoms with Gasteiger partial charge in [0.05, 0.1) is 12.0 Å². The van der Waals surface area contributed by atoms with Gasteiger partial charge in [0.2, 0.25) is 0 Å². The molecular formula is C16H23N3. The fourth-order valence-corrected chi connectivity index (χ4v) is 2.25. The predicted octanol–water partition coefficient (Wildman–Crippen LogP) is 3.10. The molecule has 102 valence electrons. The van der Waals surface area contributed by atoms with Crippen LogP contribution in [0.25, 0.3) is 0 Å². The third-order valence-electron chi connectivity index (χ3n) is 3.28. The zero-order chi connectivity index (χ0) is 13.7. The standard InChI is InChI=1S/C16H23N3/c1-13(2)19-12-18-11-16(19)10-17-8-7-15-6-4-5-14(3)9-15/h4-6,9,11-13,17H,7-8,10H2,1-3H3. The molecule has 1 aromatic heterocycles. The van der Waals surface area contributed by atoms with Crippen LogP contribution in [-0.2, 0) is 13.0 Å². The first-order valence-electron chi connectivity index (χ1n) is 6.94. The smallest absolute Gasteiger partial charge is 0.0951 e. The van der Waals surface area contributed by atoms with Crippen molar-refractivity contribution in [2.45, 2.75) is 39.8 Å². The van der Waals surface area contributed by atoms with Crippen molar-refractivity contribution in [3.63, 3.8) is 0 Å². The van der Waals surface area contributed by atoms with Crippen LogP contribution in [0.15, 0.2) is 36.8 Å². The lowest BCUT2D eigenvalue weighted by Crippen LogP contribution is -2.19. The van der Waals surface area contributed by atoms with E-state index in [9.17, 15) is 0 Å². The summed E-state index contributed by atoms with van der Waals surface area (Å²) in [5.41, 5.74) is 3.97. The Labute approximate surface area is 115 Å². The summed E-state index contributed by atoms with van der Waals surface area (Å²) in [7, 11) is 0. The Morgan fingerprint density at radius 1 is 1.32 bits per heavy atom. The monoisotopic (exact) mass is 257 g/mol. The van der Waals surface area contributed by atoms with Crippen LogP contribution in [0.3, 0.4) is 0 Å². The van der Waals surface area contributed by atoms with E-state index in [1.807, 2.05) is 12.5 Å². The van der Waals surface area contributed by atoms with Gasteiger partial charge in [0.1, 0.15) is 0 Å². The van der Waals surface area contributed by atoms with Gasteiger partial charge in [-0.05, 0) is 39.3 Å². The largest absolute Gasteiger partial charge is 0.331 e. The third-order valence-corrected chi connectivity index (χ3v) is 3.28. The molecule has 0 aliphatic heterocycles. The number of nitrogens with one attached hydrogen (secondary N) is 1. The van der Waals surface area contributed by atoms with Gasteiger partial charge < -0.3 is 9.88 Å². The van der Waals surface area contributed by atoms with E-state index in [1.165, 1.54) is 16.8 Å². The number of hydrogen-bond donors (Lipinski definition) is 1. The first-order valence-corrected chi connectivity index (χ1v) is 6.94. The van der Waals surface area contributed by atoms with Gasteiger partial charge in [-0.1, -0.05) is 29.8 Å². The zero-order valence-electron chi connectivity index (χ0n) is 12.1. The molecule has 2 aromatic rings. The molecule has 0 atom stereocenters. The average Bonchev–Trinajstić information content (AvgIpc) is 2.83. The molecule has 0 spiro atoms. The molecule has 0 aliphatic carbocycles. The summed E-state index contributed by atoms with van der Waals surface area (Å²) in [5.74, 6) is 0. The van der Waals surface area contributed by atoms with Crippen molar-refractivity contribution in [3.05, 3.63) is 53.6 Å². The summed E-state index contributed by atoms with van der Waals surface area (Å²) in [6.45, 7) is 8.37. The third kappa shape index (κ3) is 3.93. The minimum absolute atomic E-state index is 0.469. The van der Waals surface area contributed by atoms with E-state index in [1.54, 1.807) is 0 Å². The number of rotatable bonds is 6. The maximum atomic E-state index is 4.21. The average molecular weight is 257 g/mol. The van der Waals surface area contributed by atoms with E-state index < -0.39 is 0 Å². The van der Waals surface area contributed by atoms with Gasteiger partial charge in [0.25, 0.3) is 0 Å². The molecule has 19 heavy (non-hydrogen) atoms. The number of aryl methyl sites for hydroxylation is 1. The van der Waals surface area contributed by atoms with Crippen molar-refractivity contribution < 1.29 is 0 Å². The van der Waals surface area contributed by atoms with Crippen LogP contribution in [-0.4, -0.2) is 16.1 Å². The van der Waals surface area contributed by atoms with Crippen LogP contribution in [0.1, 0.15) is 36.7 Å². The SMILES string of the molecule is Cc1cccc(CCNCc2cncn2C(C)C)c1. The molecular weight excluding hydrogens is 234 g/mol. The molecule has 0 radical (unpaired) electrons. The molecule has 0 unspecified atom stereocenters. The van der Waals surface area contributed by atoms with Gasteiger partial charge in [-0.25, -0.2) is 4.98 Å². The normalized spacial score (nSPS) is 11.2. The van der Waals surface area contributed by atoms with E-state index in [2.05, 4.69) is 59.9 Å². The number of hydrogen-bond acceptors (Lipinski definition) is 2. The zero-order valence-corrected chi connectivity index (χ0v) is 12.1. The maximum Gasteiger partial charge on any atom is 0.0951 e. The van der Waals surface area contributed by atoms with Gasteiger partial charge >= 0.3 is 0 Å². The van der Waals surface area contributed by atoms with Crippen molar-refractivity contribution in [1.29, 1.82) is 0 Å². The number of aromatic nitrogens is 2. The molecule has 1 N–H and O–H groups in total. The summed E-state index contributed by atoms with van der Waals surface area (Å²) in [6, 6.07) is 9.17. The highest BCUT2D eigenvalue weighted by atomic mass is 15.1. The van der Waals surface area contributed by atoms with Crippen molar-refractivity contribution in [3.8, 4) is 0 Å². The van der Waals surface area contributed by atoms with Crippen LogP contribution >= 0.6 is 0 Å². The van der Waals surface area contributed by atoms with Crippen LogP contribution < -0.4 is 5.32 Å². The highest BCUT2D eigenvalue weighted by molar-refractivity contribution is 5.22. The van der Waals surface area contributed by atoms with Gasteiger partial charge in [-0.15, -0.1) is 0 Å². The molecule has 0 amide bonds. The topological polar surface area (TPSA) is 29.9 Å². The highest BCUT2D eigenvalue weighted by Crippen LogP contribution is 2.08. The summed E-state index contributed by atoms with van der Waals surface area (Å²) >= 11 is 0. The molecule has 2 rings (SSSR count). The molecule has 3 heteroatoms. The van der Waals surface area contributed by atoms with E-state index in [0.29, 0.717) is 6.04 Å². The van der Waals surface area contributed by atoms with E-state index >= 15 is 0 Å². The van der Waals surface area contributed by atoms with Crippen LogP contribution in [0, 0.1) is 6.92 Å². The van der Waals surface area contributed by atoms with Gasteiger partial charge in [0, 0.05) is 18.8 Å². The maximum absolute atomic E-state index is 4.21. The van der Waals surface area contributed by atoms with Crippen molar-refractivity contribution in [2.24, 2.45) is 0 Å². The van der Waals surface area contributed by atoms with E-state index in [-0.39, 0.29) is 0 Å². The predicted molar refractivity (Wildman–Crippen MR) is 79.2 cm³/mol. The van der Waals surface area contributed by atoms with Gasteiger partial charge in [0.15, 0.2) is 0 Å². The fourth-order valence-electron chi connectivity index (χ4n) is 2.25. The second kappa shape index (κ2) is 6.53. The van der Waals surface area contributed by atoms with E-state index in [4.69, 9.17) is 0 Å². The summed E-state index contributed by atoms with van der Waals surface area (Å²) < 4.78 is 2.21. The molecule has 0 bridgehead atoms. The summed E-state index contributed by atoms with van der Waals surface area (Å²) in [6.07, 6.45) is 4.92. The first-order chi connectivity index (χ1) is 9.16. The number of imidazole rings is 1. The lowest BCUT2D eigenvalue weighted by atomic mass is 10.1. The van der Waals surface area contributed by atoms with Crippen molar-refractivity contribution in [1.82, 2.24) is 14.9 Å². The first kappa shape index (κ1) is 13.8. The molecule has 1 aromatic carbocycles. The lowest BCUT2D eigenvalue weighted by Gasteiger charge is -2.12. The molecule has 0 saturated heterocycles. The Bertz CT molecular complexity index is 514.